The molecule has 0 spiro atoms. The highest BCUT2D eigenvalue weighted by Gasteiger charge is 2.64. The van der Waals surface area contributed by atoms with Gasteiger partial charge in [0.05, 0.1) is 29.2 Å². The molecular weight excluding hydrogens is 759 g/mol. The van der Waals surface area contributed by atoms with Crippen LogP contribution in [0.1, 0.15) is 82.9 Å². The van der Waals surface area contributed by atoms with Crippen LogP contribution in [-0.2, 0) is 16.0 Å². The number of hydrogen-bond acceptors (Lipinski definition) is 10. The Bertz CT molecular complexity index is 2040. The second-order valence-corrected chi connectivity index (χ2v) is 18.1. The molecule has 312 valence electrons. The topological polar surface area (TPSA) is 116 Å². The maximum atomic E-state index is 9.97. The smallest absolute Gasteiger partial charge is 0.230 e. The molecule has 4 aromatic rings. The van der Waals surface area contributed by atoms with Crippen LogP contribution in [0.25, 0.3) is 11.1 Å². The molecule has 2 heterocycles. The van der Waals surface area contributed by atoms with E-state index in [4.69, 9.17) is 24.2 Å². The molecule has 0 unspecified atom stereocenters. The van der Waals surface area contributed by atoms with Crippen LogP contribution in [0.2, 0.25) is 0 Å². The SMILES string of the molecule is C=CCO[C@@]12Oc3ccc(Oc4ccc(-c5ccccc5)cc4)cc3[C@H]3[C@H](CCCCO)[C@@H](CCCCO)C=C(C(=NOC(C)(C)C)C[C@@H]1SCCc1cnccn1)[C@H]32. The zero-order valence-corrected chi connectivity index (χ0v) is 35.5. The Morgan fingerprint density at radius 3 is 2.39 bits per heavy atom. The number of nitrogens with zero attached hydrogens (tertiary/aromatic N) is 3. The molecule has 6 atom stereocenters. The maximum absolute atomic E-state index is 9.97. The van der Waals surface area contributed by atoms with Gasteiger partial charge in [0.1, 0.15) is 22.8 Å². The molecule has 0 saturated heterocycles. The molecule has 7 rings (SSSR count). The summed E-state index contributed by atoms with van der Waals surface area (Å²) in [6, 6.07) is 24.8. The number of hydrogen-bond donors (Lipinski definition) is 2. The average Bonchev–Trinajstić information content (AvgIpc) is 3.24. The van der Waals surface area contributed by atoms with E-state index < -0.39 is 11.4 Å². The van der Waals surface area contributed by atoms with E-state index >= 15 is 0 Å². The molecule has 1 aliphatic heterocycles. The number of allylic oxidation sites excluding steroid dienone is 1. The first-order chi connectivity index (χ1) is 28.7. The van der Waals surface area contributed by atoms with Gasteiger partial charge in [0.15, 0.2) is 0 Å². The number of ether oxygens (including phenoxy) is 3. The molecular formula is C49H59N3O6S. The van der Waals surface area contributed by atoms with Gasteiger partial charge in [-0.05, 0) is 111 Å². The minimum Gasteiger partial charge on any atom is -0.460 e. The molecule has 59 heavy (non-hydrogen) atoms. The zero-order valence-electron chi connectivity index (χ0n) is 34.7. The van der Waals surface area contributed by atoms with Crippen molar-refractivity contribution in [3.8, 4) is 28.4 Å². The van der Waals surface area contributed by atoms with Crippen molar-refractivity contribution in [2.24, 2.45) is 22.9 Å². The predicted octanol–water partition coefficient (Wildman–Crippen LogP) is 10.3. The minimum atomic E-state index is -1.05. The van der Waals surface area contributed by atoms with E-state index in [2.05, 4.69) is 59.0 Å². The summed E-state index contributed by atoms with van der Waals surface area (Å²) in [7, 11) is 0. The van der Waals surface area contributed by atoms with Crippen molar-refractivity contribution in [2.75, 3.05) is 25.6 Å². The van der Waals surface area contributed by atoms with Crippen LogP contribution in [-0.4, -0.2) is 68.1 Å². The molecule has 3 aliphatic rings. The lowest BCUT2D eigenvalue weighted by Gasteiger charge is -2.58. The highest BCUT2D eigenvalue weighted by Crippen LogP contribution is 2.62. The molecule has 1 fully saturated rings. The molecule has 2 aliphatic carbocycles. The standard InChI is InChI=1S/C49H59N3O6S/c1-5-28-55-49-45(59-29-23-37-33-50-24-25-51-37)32-43(52-58-48(2,3)4)41-30-36(15-9-11-26-53)40(16-10-12-27-54)46(47(41)49)42-31-39(21-22-44(42)57-49)56-38-19-17-35(18-20-38)34-13-7-6-8-14-34/h5-8,13-14,17-22,24-25,30-31,33,36,40,45-47,53-54H,1,9-12,15-16,23,26-29,32H2,2-4H3/t36-,40+,45-,46+,47+,49+/m0/s1. The first kappa shape index (κ1) is 42.6. The van der Waals surface area contributed by atoms with Crippen LogP contribution in [0.5, 0.6) is 17.2 Å². The molecule has 1 aromatic heterocycles. The summed E-state index contributed by atoms with van der Waals surface area (Å²) in [5.41, 5.74) is 5.84. The normalized spacial score (nSPS) is 24.1. The van der Waals surface area contributed by atoms with Gasteiger partial charge >= 0.3 is 0 Å². The monoisotopic (exact) mass is 817 g/mol. The summed E-state index contributed by atoms with van der Waals surface area (Å²) < 4.78 is 21.1. The van der Waals surface area contributed by atoms with E-state index in [1.807, 2.05) is 75.1 Å². The Morgan fingerprint density at radius 1 is 0.932 bits per heavy atom. The number of benzene rings is 3. The third-order valence-corrected chi connectivity index (χ3v) is 12.9. The summed E-state index contributed by atoms with van der Waals surface area (Å²) in [4.78, 5) is 15.1. The number of rotatable bonds is 19. The number of aryl methyl sites for hydroxylation is 1. The summed E-state index contributed by atoms with van der Waals surface area (Å²) in [6.45, 7) is 10.8. The van der Waals surface area contributed by atoms with Gasteiger partial charge in [0, 0.05) is 56.1 Å². The third-order valence-electron chi connectivity index (χ3n) is 11.5. The van der Waals surface area contributed by atoms with E-state index in [-0.39, 0.29) is 42.1 Å². The summed E-state index contributed by atoms with van der Waals surface area (Å²) in [6.07, 6.45) is 15.9. The Morgan fingerprint density at radius 2 is 1.68 bits per heavy atom. The lowest BCUT2D eigenvalue weighted by molar-refractivity contribution is -0.223. The van der Waals surface area contributed by atoms with Crippen LogP contribution in [0.4, 0.5) is 0 Å². The fourth-order valence-corrected chi connectivity index (χ4v) is 10.4. The zero-order chi connectivity index (χ0) is 41.2. The summed E-state index contributed by atoms with van der Waals surface area (Å²) in [5.74, 6) is 2.12. The van der Waals surface area contributed by atoms with Gasteiger partial charge in [0.2, 0.25) is 5.79 Å². The molecule has 0 bridgehead atoms. The largest absolute Gasteiger partial charge is 0.460 e. The number of aromatic nitrogens is 2. The van der Waals surface area contributed by atoms with Crippen LogP contribution < -0.4 is 9.47 Å². The van der Waals surface area contributed by atoms with Crippen molar-refractivity contribution < 1.29 is 29.3 Å². The lowest BCUT2D eigenvalue weighted by Crippen LogP contribution is -2.64. The highest BCUT2D eigenvalue weighted by molar-refractivity contribution is 8.00. The third kappa shape index (κ3) is 10.1. The number of aliphatic hydroxyl groups is 2. The van der Waals surface area contributed by atoms with Crippen LogP contribution in [0, 0.1) is 17.8 Å². The van der Waals surface area contributed by atoms with Crippen LogP contribution >= 0.6 is 11.8 Å². The maximum Gasteiger partial charge on any atom is 0.230 e. The Balaban J connectivity index is 1.34. The van der Waals surface area contributed by atoms with Gasteiger partial charge in [-0.3, -0.25) is 9.97 Å². The van der Waals surface area contributed by atoms with E-state index in [0.717, 1.165) is 102 Å². The van der Waals surface area contributed by atoms with Gasteiger partial charge < -0.3 is 29.3 Å². The van der Waals surface area contributed by atoms with E-state index in [1.54, 1.807) is 18.5 Å². The second kappa shape index (κ2) is 19.7. The Kier molecular flexibility index (Phi) is 14.3. The first-order valence-corrected chi connectivity index (χ1v) is 22.2. The van der Waals surface area contributed by atoms with Crippen molar-refractivity contribution in [1.29, 1.82) is 0 Å². The fraction of sp³-hybridized carbons (Fsp3) is 0.449. The van der Waals surface area contributed by atoms with Crippen molar-refractivity contribution in [3.63, 3.8) is 0 Å². The van der Waals surface area contributed by atoms with Crippen molar-refractivity contribution in [1.82, 2.24) is 9.97 Å². The average molecular weight is 818 g/mol. The Labute approximate surface area is 354 Å². The summed E-state index contributed by atoms with van der Waals surface area (Å²) in [5, 5.41) is 24.6. The van der Waals surface area contributed by atoms with Gasteiger partial charge in [-0.1, -0.05) is 72.6 Å². The number of fused-ring (bicyclic) bond motifs is 2. The molecule has 10 heteroatoms. The van der Waals surface area contributed by atoms with E-state index in [9.17, 15) is 10.2 Å². The number of thioether (sulfide) groups is 1. The van der Waals surface area contributed by atoms with Gasteiger partial charge in [-0.15, -0.1) is 6.58 Å². The van der Waals surface area contributed by atoms with Crippen molar-refractivity contribution in [3.05, 3.63) is 127 Å². The first-order valence-electron chi connectivity index (χ1n) is 21.2. The number of aliphatic hydroxyl groups excluding tert-OH is 2. The quantitative estimate of drug-likeness (QED) is 0.0542. The predicted molar refractivity (Wildman–Crippen MR) is 236 cm³/mol. The molecule has 3 aromatic carbocycles. The molecule has 0 radical (unpaired) electrons. The van der Waals surface area contributed by atoms with E-state index in [1.165, 1.54) is 0 Å². The highest BCUT2D eigenvalue weighted by atomic mass is 32.2. The lowest BCUT2D eigenvalue weighted by atomic mass is 9.56. The van der Waals surface area contributed by atoms with Gasteiger partial charge in [-0.25, -0.2) is 0 Å². The number of oxime groups is 1. The van der Waals surface area contributed by atoms with Gasteiger partial charge in [-0.2, -0.15) is 11.8 Å². The van der Waals surface area contributed by atoms with E-state index in [0.29, 0.717) is 13.0 Å². The summed E-state index contributed by atoms with van der Waals surface area (Å²) >= 11 is 1.82. The molecule has 1 saturated carbocycles. The second-order valence-electron chi connectivity index (χ2n) is 16.8. The van der Waals surface area contributed by atoms with Gasteiger partial charge in [0.25, 0.3) is 0 Å². The molecule has 9 nitrogen and oxygen atoms in total. The van der Waals surface area contributed by atoms with Crippen molar-refractivity contribution in [2.45, 2.75) is 94.7 Å². The molecule has 2 N–H and O–H groups in total. The van der Waals surface area contributed by atoms with Crippen LogP contribution in [0.15, 0.2) is 121 Å². The van der Waals surface area contributed by atoms with Crippen LogP contribution in [0.3, 0.4) is 0 Å². The minimum absolute atomic E-state index is 0.0337. The number of unbranched alkanes of at least 4 members (excludes halogenated alkanes) is 2. The Hall–Kier alpha value is -4.48. The molecule has 0 amide bonds. The fourth-order valence-electron chi connectivity index (χ4n) is 8.98. The van der Waals surface area contributed by atoms with Crippen molar-refractivity contribution >= 4 is 17.5 Å².